The van der Waals surface area contributed by atoms with Crippen LogP contribution in [0, 0.1) is 5.41 Å². The zero-order valence-electron chi connectivity index (χ0n) is 12.0. The van der Waals surface area contributed by atoms with E-state index < -0.39 is 0 Å². The summed E-state index contributed by atoms with van der Waals surface area (Å²) in [5, 5.41) is 9.84. The maximum absolute atomic E-state index is 7.70. The van der Waals surface area contributed by atoms with Gasteiger partial charge in [0.25, 0.3) is 0 Å². The van der Waals surface area contributed by atoms with Crippen molar-refractivity contribution in [1.82, 2.24) is 0 Å². The Labute approximate surface area is 119 Å². The molecule has 0 atom stereocenters. The van der Waals surface area contributed by atoms with Crippen molar-refractivity contribution in [3.8, 4) is 0 Å². The van der Waals surface area contributed by atoms with Crippen LogP contribution >= 0.6 is 0 Å². The van der Waals surface area contributed by atoms with E-state index in [-0.39, 0.29) is 5.84 Å². The van der Waals surface area contributed by atoms with Gasteiger partial charge in [0.05, 0.1) is 6.61 Å². The smallest absolute Gasteiger partial charge is 0.123 e. The normalized spacial score (nSPS) is 10.7. The first kappa shape index (κ1) is 14.3. The number of methoxy groups -OCH3 is 1. The SMILES string of the molecule is CCN(CCOC)c1ccc(C(=N)N)c2ccccc12. The molecule has 3 N–H and O–H groups in total. The molecule has 4 heteroatoms. The lowest BCUT2D eigenvalue weighted by atomic mass is 10.0. The molecule has 0 heterocycles. The molecule has 0 unspecified atom stereocenters. The molecule has 0 aliphatic carbocycles. The molecular formula is C16H21N3O. The van der Waals surface area contributed by atoms with Gasteiger partial charge in [-0.1, -0.05) is 24.3 Å². The maximum Gasteiger partial charge on any atom is 0.123 e. The number of nitrogens with one attached hydrogen (secondary N) is 1. The number of nitrogens with two attached hydrogens (primary N) is 1. The number of benzene rings is 2. The standard InChI is InChI=1S/C16H21N3O/c1-3-19(10-11-20-2)15-9-8-14(16(17)18)12-6-4-5-7-13(12)15/h4-9H,3,10-11H2,1-2H3,(H3,17,18). The fraction of sp³-hybridized carbons (Fsp3) is 0.312. The topological polar surface area (TPSA) is 62.3 Å². The molecule has 0 spiro atoms. The molecular weight excluding hydrogens is 250 g/mol. The van der Waals surface area contributed by atoms with Crippen LogP contribution in [-0.4, -0.2) is 32.6 Å². The predicted molar refractivity (Wildman–Crippen MR) is 84.7 cm³/mol. The van der Waals surface area contributed by atoms with E-state index in [1.54, 1.807) is 7.11 Å². The van der Waals surface area contributed by atoms with E-state index in [9.17, 15) is 0 Å². The summed E-state index contributed by atoms with van der Waals surface area (Å²) in [6, 6.07) is 12.0. The molecule has 0 aromatic heterocycles. The summed E-state index contributed by atoms with van der Waals surface area (Å²) in [6.45, 7) is 4.57. The first-order chi connectivity index (χ1) is 9.69. The van der Waals surface area contributed by atoms with Gasteiger partial charge in [0.15, 0.2) is 0 Å². The summed E-state index contributed by atoms with van der Waals surface area (Å²) in [5.41, 5.74) is 7.61. The average Bonchev–Trinajstić information content (AvgIpc) is 2.47. The van der Waals surface area contributed by atoms with E-state index in [0.29, 0.717) is 6.61 Å². The third kappa shape index (κ3) is 2.75. The van der Waals surface area contributed by atoms with Crippen LogP contribution in [-0.2, 0) is 4.74 Å². The van der Waals surface area contributed by atoms with Gasteiger partial charge in [-0.15, -0.1) is 0 Å². The number of nitrogens with zero attached hydrogens (tertiary/aromatic N) is 1. The van der Waals surface area contributed by atoms with Crippen molar-refractivity contribution >= 4 is 22.3 Å². The third-order valence-corrected chi connectivity index (χ3v) is 3.48. The Morgan fingerprint density at radius 1 is 1.20 bits per heavy atom. The number of hydrogen-bond donors (Lipinski definition) is 2. The summed E-state index contributed by atoms with van der Waals surface area (Å²) in [4.78, 5) is 2.27. The summed E-state index contributed by atoms with van der Waals surface area (Å²) < 4.78 is 5.17. The lowest BCUT2D eigenvalue weighted by molar-refractivity contribution is 0.205. The van der Waals surface area contributed by atoms with E-state index in [0.717, 1.165) is 35.1 Å². The van der Waals surface area contributed by atoms with E-state index in [4.69, 9.17) is 15.9 Å². The molecule has 0 saturated heterocycles. The van der Waals surface area contributed by atoms with Gasteiger partial charge in [-0.25, -0.2) is 0 Å². The van der Waals surface area contributed by atoms with Gasteiger partial charge in [-0.05, 0) is 24.4 Å². The number of anilines is 1. The largest absolute Gasteiger partial charge is 0.384 e. The van der Waals surface area contributed by atoms with Crippen LogP contribution in [0.3, 0.4) is 0 Å². The summed E-state index contributed by atoms with van der Waals surface area (Å²) in [5.74, 6) is 0.104. The number of rotatable bonds is 6. The number of likely N-dealkylation sites (N-methyl/N-ethyl adjacent to an activating group) is 1. The Bertz CT molecular complexity index is 610. The first-order valence-corrected chi connectivity index (χ1v) is 6.79. The van der Waals surface area contributed by atoms with Crippen molar-refractivity contribution in [2.45, 2.75) is 6.92 Å². The molecule has 0 saturated carbocycles. The fourth-order valence-corrected chi connectivity index (χ4v) is 2.44. The van der Waals surface area contributed by atoms with Crippen LogP contribution in [0.25, 0.3) is 10.8 Å². The molecule has 0 bridgehead atoms. The monoisotopic (exact) mass is 271 g/mol. The quantitative estimate of drug-likeness (QED) is 0.627. The van der Waals surface area contributed by atoms with Crippen LogP contribution < -0.4 is 10.6 Å². The molecule has 2 rings (SSSR count). The predicted octanol–water partition coefficient (Wildman–Crippen LogP) is 2.60. The maximum atomic E-state index is 7.70. The molecule has 0 fully saturated rings. The zero-order valence-corrected chi connectivity index (χ0v) is 12.0. The van der Waals surface area contributed by atoms with Gasteiger partial charge in [0.2, 0.25) is 0 Å². The van der Waals surface area contributed by atoms with Crippen molar-refractivity contribution in [2.24, 2.45) is 5.73 Å². The Morgan fingerprint density at radius 2 is 1.90 bits per heavy atom. The summed E-state index contributed by atoms with van der Waals surface area (Å²) >= 11 is 0. The van der Waals surface area contributed by atoms with Gasteiger partial charge >= 0.3 is 0 Å². The second kappa shape index (κ2) is 6.39. The number of hydrogen-bond acceptors (Lipinski definition) is 3. The van der Waals surface area contributed by atoms with E-state index in [2.05, 4.69) is 17.9 Å². The van der Waals surface area contributed by atoms with Crippen molar-refractivity contribution in [2.75, 3.05) is 31.7 Å². The summed E-state index contributed by atoms with van der Waals surface area (Å²) in [6.07, 6.45) is 0. The second-order valence-corrected chi connectivity index (χ2v) is 4.66. The molecule has 0 amide bonds. The van der Waals surface area contributed by atoms with E-state index >= 15 is 0 Å². The summed E-state index contributed by atoms with van der Waals surface area (Å²) in [7, 11) is 1.71. The van der Waals surface area contributed by atoms with Crippen molar-refractivity contribution in [1.29, 1.82) is 5.41 Å². The van der Waals surface area contributed by atoms with E-state index in [1.165, 1.54) is 0 Å². The minimum atomic E-state index is 0.104. The number of nitrogen functional groups attached to an aromatic ring is 1. The highest BCUT2D eigenvalue weighted by Crippen LogP contribution is 2.29. The van der Waals surface area contributed by atoms with Crippen LogP contribution in [0.15, 0.2) is 36.4 Å². The molecule has 0 aliphatic heterocycles. The molecule has 0 aliphatic rings. The highest BCUT2D eigenvalue weighted by Gasteiger charge is 2.11. The van der Waals surface area contributed by atoms with Gasteiger partial charge < -0.3 is 15.4 Å². The Morgan fingerprint density at radius 3 is 2.50 bits per heavy atom. The minimum Gasteiger partial charge on any atom is -0.384 e. The van der Waals surface area contributed by atoms with Gasteiger partial charge in [0.1, 0.15) is 5.84 Å². The highest BCUT2D eigenvalue weighted by molar-refractivity contribution is 6.10. The molecule has 0 radical (unpaired) electrons. The Kier molecular flexibility index (Phi) is 4.58. The van der Waals surface area contributed by atoms with Crippen molar-refractivity contribution in [3.63, 3.8) is 0 Å². The first-order valence-electron chi connectivity index (χ1n) is 6.79. The minimum absolute atomic E-state index is 0.104. The molecule has 2 aromatic rings. The number of fused-ring (bicyclic) bond motifs is 1. The Balaban J connectivity index is 2.54. The van der Waals surface area contributed by atoms with Gasteiger partial charge in [0, 0.05) is 36.8 Å². The molecule has 20 heavy (non-hydrogen) atoms. The Hall–Kier alpha value is -2.07. The van der Waals surface area contributed by atoms with Gasteiger partial charge in [-0.2, -0.15) is 0 Å². The van der Waals surface area contributed by atoms with Crippen molar-refractivity contribution < 1.29 is 4.74 Å². The van der Waals surface area contributed by atoms with E-state index in [1.807, 2.05) is 30.3 Å². The van der Waals surface area contributed by atoms with Crippen LogP contribution in [0.5, 0.6) is 0 Å². The van der Waals surface area contributed by atoms with Crippen LogP contribution in [0.2, 0.25) is 0 Å². The number of ether oxygens (including phenoxy) is 1. The van der Waals surface area contributed by atoms with Gasteiger partial charge in [-0.3, -0.25) is 5.41 Å². The van der Waals surface area contributed by atoms with Crippen molar-refractivity contribution in [3.05, 3.63) is 42.0 Å². The average molecular weight is 271 g/mol. The van der Waals surface area contributed by atoms with Crippen LogP contribution in [0.1, 0.15) is 12.5 Å². The zero-order chi connectivity index (χ0) is 14.5. The fourth-order valence-electron chi connectivity index (χ4n) is 2.44. The second-order valence-electron chi connectivity index (χ2n) is 4.66. The number of amidine groups is 1. The van der Waals surface area contributed by atoms with Crippen LogP contribution in [0.4, 0.5) is 5.69 Å². The highest BCUT2D eigenvalue weighted by atomic mass is 16.5. The third-order valence-electron chi connectivity index (χ3n) is 3.48. The molecule has 106 valence electrons. The molecule has 4 nitrogen and oxygen atoms in total. The lowest BCUT2D eigenvalue weighted by Crippen LogP contribution is -2.27. The lowest BCUT2D eigenvalue weighted by Gasteiger charge is -2.25. The molecule has 2 aromatic carbocycles.